The molecule has 0 spiro atoms. The number of aromatic nitrogens is 2. The Morgan fingerprint density at radius 2 is 2.28 bits per heavy atom. The van der Waals surface area contributed by atoms with Crippen molar-refractivity contribution in [1.82, 2.24) is 9.97 Å². The normalized spacial score (nSPS) is 22.5. The molecule has 3 N–H and O–H groups in total. The van der Waals surface area contributed by atoms with E-state index in [0.717, 1.165) is 19.4 Å². The molecule has 1 aliphatic heterocycles. The molecule has 1 aromatic heterocycles. The second-order valence-electron chi connectivity index (χ2n) is 5.09. The Hall–Kier alpha value is -1.56. The van der Waals surface area contributed by atoms with Crippen LogP contribution in [0.3, 0.4) is 0 Å². The molecule has 1 unspecified atom stereocenters. The van der Waals surface area contributed by atoms with Crippen LogP contribution in [-0.2, 0) is 4.74 Å². The summed E-state index contributed by atoms with van der Waals surface area (Å²) in [6, 6.07) is 0.302. The lowest BCUT2D eigenvalue weighted by atomic mass is 9.94. The molecule has 0 radical (unpaired) electrons. The topological polar surface area (TPSA) is 82.3 Å². The standard InChI is InChI=1S/C12H20N4O2/c1-12(2)6-8(4-5-18-12)16-10-9(13)11(17-3)15-7-14-10/h7-8H,4-6,13H2,1-3H3,(H,14,15,16). The van der Waals surface area contributed by atoms with Crippen LogP contribution in [0, 0.1) is 0 Å². The van der Waals surface area contributed by atoms with Crippen molar-refractivity contribution in [3.63, 3.8) is 0 Å². The van der Waals surface area contributed by atoms with E-state index < -0.39 is 0 Å². The maximum absolute atomic E-state index is 5.93. The van der Waals surface area contributed by atoms with Crippen molar-refractivity contribution in [3.05, 3.63) is 6.33 Å². The molecule has 1 atom stereocenters. The fraction of sp³-hybridized carbons (Fsp3) is 0.667. The summed E-state index contributed by atoms with van der Waals surface area (Å²) in [6.07, 6.45) is 3.30. The molecule has 0 aliphatic carbocycles. The van der Waals surface area contributed by atoms with Crippen LogP contribution in [0.25, 0.3) is 0 Å². The number of hydrogen-bond acceptors (Lipinski definition) is 6. The lowest BCUT2D eigenvalue weighted by molar-refractivity contribution is -0.0553. The van der Waals surface area contributed by atoms with E-state index in [1.165, 1.54) is 6.33 Å². The molecule has 0 saturated carbocycles. The third kappa shape index (κ3) is 2.81. The van der Waals surface area contributed by atoms with Gasteiger partial charge in [-0.25, -0.2) is 4.98 Å². The molecule has 0 amide bonds. The zero-order valence-electron chi connectivity index (χ0n) is 11.1. The third-order valence-electron chi connectivity index (χ3n) is 3.08. The van der Waals surface area contributed by atoms with Crippen molar-refractivity contribution >= 4 is 11.5 Å². The summed E-state index contributed by atoms with van der Waals surface area (Å²) in [5.41, 5.74) is 6.27. The first kappa shape index (κ1) is 12.9. The predicted molar refractivity (Wildman–Crippen MR) is 69.7 cm³/mol. The van der Waals surface area contributed by atoms with E-state index in [4.69, 9.17) is 15.2 Å². The van der Waals surface area contributed by atoms with E-state index in [1.54, 1.807) is 7.11 Å². The van der Waals surface area contributed by atoms with Gasteiger partial charge in [-0.3, -0.25) is 0 Å². The van der Waals surface area contributed by atoms with Gasteiger partial charge in [0.25, 0.3) is 0 Å². The van der Waals surface area contributed by atoms with Gasteiger partial charge < -0.3 is 20.5 Å². The summed E-state index contributed by atoms with van der Waals surface area (Å²) >= 11 is 0. The van der Waals surface area contributed by atoms with E-state index >= 15 is 0 Å². The van der Waals surface area contributed by atoms with E-state index in [1.807, 2.05) is 0 Å². The maximum atomic E-state index is 5.93. The SMILES string of the molecule is COc1ncnc(NC2CCOC(C)(C)C2)c1N. The Kier molecular flexibility index (Phi) is 3.56. The van der Waals surface area contributed by atoms with Crippen LogP contribution in [0.5, 0.6) is 5.88 Å². The highest BCUT2D eigenvalue weighted by Gasteiger charge is 2.29. The number of hydrogen-bond donors (Lipinski definition) is 2. The molecule has 1 saturated heterocycles. The van der Waals surface area contributed by atoms with E-state index in [-0.39, 0.29) is 5.60 Å². The van der Waals surface area contributed by atoms with Gasteiger partial charge >= 0.3 is 0 Å². The molecule has 100 valence electrons. The monoisotopic (exact) mass is 252 g/mol. The highest BCUT2D eigenvalue weighted by molar-refractivity contribution is 5.66. The van der Waals surface area contributed by atoms with E-state index in [0.29, 0.717) is 23.4 Å². The number of methoxy groups -OCH3 is 1. The minimum Gasteiger partial charge on any atom is -0.479 e. The second kappa shape index (κ2) is 4.97. The fourth-order valence-corrected chi connectivity index (χ4v) is 2.21. The van der Waals surface area contributed by atoms with Gasteiger partial charge in [0.05, 0.1) is 12.7 Å². The molecule has 6 nitrogen and oxygen atoms in total. The number of rotatable bonds is 3. The summed E-state index contributed by atoms with van der Waals surface area (Å²) < 4.78 is 10.8. The molecule has 1 aliphatic rings. The third-order valence-corrected chi connectivity index (χ3v) is 3.08. The fourth-order valence-electron chi connectivity index (χ4n) is 2.21. The largest absolute Gasteiger partial charge is 0.479 e. The van der Waals surface area contributed by atoms with Crippen LogP contribution in [0.4, 0.5) is 11.5 Å². The molecule has 2 rings (SSSR count). The van der Waals surface area contributed by atoms with Crippen LogP contribution in [0.2, 0.25) is 0 Å². The lowest BCUT2D eigenvalue weighted by Crippen LogP contribution is -2.40. The van der Waals surface area contributed by atoms with Crippen molar-refractivity contribution < 1.29 is 9.47 Å². The van der Waals surface area contributed by atoms with E-state index in [9.17, 15) is 0 Å². The number of nitrogens with zero attached hydrogens (tertiary/aromatic N) is 2. The first-order chi connectivity index (χ1) is 8.52. The van der Waals surface area contributed by atoms with Crippen LogP contribution in [-0.4, -0.2) is 35.3 Å². The van der Waals surface area contributed by atoms with Gasteiger partial charge in [-0.05, 0) is 26.7 Å². The van der Waals surface area contributed by atoms with Gasteiger partial charge in [0, 0.05) is 12.6 Å². The lowest BCUT2D eigenvalue weighted by Gasteiger charge is -2.36. The molecule has 1 aromatic rings. The smallest absolute Gasteiger partial charge is 0.242 e. The summed E-state index contributed by atoms with van der Waals surface area (Å²) in [4.78, 5) is 8.12. The summed E-state index contributed by atoms with van der Waals surface area (Å²) in [7, 11) is 1.54. The van der Waals surface area contributed by atoms with Gasteiger partial charge in [-0.1, -0.05) is 0 Å². The zero-order chi connectivity index (χ0) is 13.2. The second-order valence-corrected chi connectivity index (χ2v) is 5.09. The number of nitrogens with one attached hydrogen (secondary N) is 1. The average molecular weight is 252 g/mol. The van der Waals surface area contributed by atoms with Crippen LogP contribution in [0.1, 0.15) is 26.7 Å². The van der Waals surface area contributed by atoms with Gasteiger partial charge in [-0.15, -0.1) is 0 Å². The van der Waals surface area contributed by atoms with Crippen molar-refractivity contribution in [2.75, 3.05) is 24.8 Å². The Balaban J connectivity index is 2.09. The Morgan fingerprint density at radius 3 is 2.94 bits per heavy atom. The van der Waals surface area contributed by atoms with E-state index in [2.05, 4.69) is 29.1 Å². The molecule has 18 heavy (non-hydrogen) atoms. The Morgan fingerprint density at radius 1 is 1.50 bits per heavy atom. The highest BCUT2D eigenvalue weighted by Crippen LogP contribution is 2.29. The summed E-state index contributed by atoms with van der Waals surface area (Å²) in [5.74, 6) is 1.03. The first-order valence-corrected chi connectivity index (χ1v) is 6.07. The summed E-state index contributed by atoms with van der Waals surface area (Å²) in [6.45, 7) is 4.92. The van der Waals surface area contributed by atoms with Crippen molar-refractivity contribution in [2.45, 2.75) is 38.3 Å². The molecular weight excluding hydrogens is 232 g/mol. The first-order valence-electron chi connectivity index (χ1n) is 6.07. The molecular formula is C12H20N4O2. The van der Waals surface area contributed by atoms with Crippen molar-refractivity contribution in [2.24, 2.45) is 0 Å². The van der Waals surface area contributed by atoms with Crippen LogP contribution >= 0.6 is 0 Å². The maximum Gasteiger partial charge on any atom is 0.242 e. The molecule has 0 bridgehead atoms. The highest BCUT2D eigenvalue weighted by atomic mass is 16.5. The Labute approximate surface area is 107 Å². The predicted octanol–water partition coefficient (Wildman–Crippen LogP) is 1.44. The van der Waals surface area contributed by atoms with Gasteiger partial charge in [0.2, 0.25) is 5.88 Å². The number of nitrogen functional groups attached to an aromatic ring is 1. The Bertz CT molecular complexity index is 423. The molecule has 6 heteroatoms. The van der Waals surface area contributed by atoms with Gasteiger partial charge in [0.15, 0.2) is 5.82 Å². The molecule has 2 heterocycles. The number of nitrogens with two attached hydrogens (primary N) is 1. The average Bonchev–Trinajstić information content (AvgIpc) is 2.31. The van der Waals surface area contributed by atoms with Gasteiger partial charge in [0.1, 0.15) is 12.0 Å². The van der Waals surface area contributed by atoms with Crippen LogP contribution < -0.4 is 15.8 Å². The number of ether oxygens (including phenoxy) is 2. The molecule has 1 fully saturated rings. The van der Waals surface area contributed by atoms with Crippen molar-refractivity contribution in [3.8, 4) is 5.88 Å². The minimum atomic E-state index is -0.109. The van der Waals surface area contributed by atoms with Crippen molar-refractivity contribution in [1.29, 1.82) is 0 Å². The quantitative estimate of drug-likeness (QED) is 0.847. The number of anilines is 2. The minimum absolute atomic E-state index is 0.109. The molecule has 0 aromatic carbocycles. The summed E-state index contributed by atoms with van der Waals surface area (Å²) in [5, 5.41) is 3.34. The van der Waals surface area contributed by atoms with Crippen LogP contribution in [0.15, 0.2) is 6.33 Å². The van der Waals surface area contributed by atoms with Gasteiger partial charge in [-0.2, -0.15) is 4.98 Å². The zero-order valence-corrected chi connectivity index (χ0v) is 11.1.